The summed E-state index contributed by atoms with van der Waals surface area (Å²) in [6.45, 7) is 3.75. The molecule has 0 radical (unpaired) electrons. The predicted molar refractivity (Wildman–Crippen MR) is 119 cm³/mol. The van der Waals surface area contributed by atoms with E-state index in [4.69, 9.17) is 4.74 Å². The number of fused-ring (bicyclic) bond motifs is 3. The standard InChI is InChI=1S/C25H28N2O5/c1-15(22(28)26-14-25(11-12-25)23(29)30)16(2)27-24(31)32-13-21-19-9-5-3-7-17(19)18-8-4-6-10-20(18)21/h3-10,15-16,21H,11-14H2,1-2H3,(H,26,28)(H,27,31)(H,29,30). The number of carboxylic acid groups (broad SMARTS) is 1. The Labute approximate surface area is 187 Å². The Morgan fingerprint density at radius 1 is 1.03 bits per heavy atom. The summed E-state index contributed by atoms with van der Waals surface area (Å²) in [5.74, 6) is -1.73. The van der Waals surface area contributed by atoms with Crippen LogP contribution in [0, 0.1) is 11.3 Å². The van der Waals surface area contributed by atoms with Crippen LogP contribution in [0.2, 0.25) is 0 Å². The number of aliphatic carboxylic acids is 1. The van der Waals surface area contributed by atoms with Gasteiger partial charge in [0, 0.05) is 18.5 Å². The van der Waals surface area contributed by atoms with E-state index in [2.05, 4.69) is 34.9 Å². The molecule has 2 aromatic rings. The van der Waals surface area contributed by atoms with Crippen LogP contribution in [-0.2, 0) is 14.3 Å². The van der Waals surface area contributed by atoms with Gasteiger partial charge in [-0.25, -0.2) is 4.79 Å². The summed E-state index contributed by atoms with van der Waals surface area (Å²) in [6.07, 6.45) is 0.568. The van der Waals surface area contributed by atoms with Gasteiger partial charge in [-0.15, -0.1) is 0 Å². The van der Waals surface area contributed by atoms with Crippen LogP contribution in [0.5, 0.6) is 0 Å². The van der Waals surface area contributed by atoms with E-state index in [0.29, 0.717) is 12.8 Å². The fraction of sp³-hybridized carbons (Fsp3) is 0.400. The maximum Gasteiger partial charge on any atom is 0.407 e. The van der Waals surface area contributed by atoms with E-state index in [1.165, 1.54) is 0 Å². The van der Waals surface area contributed by atoms with Gasteiger partial charge in [-0.2, -0.15) is 0 Å². The minimum absolute atomic E-state index is 0.0325. The highest BCUT2D eigenvalue weighted by molar-refractivity contribution is 5.83. The lowest BCUT2D eigenvalue weighted by molar-refractivity contribution is -0.143. The molecule has 2 aliphatic carbocycles. The molecular weight excluding hydrogens is 408 g/mol. The molecule has 2 unspecified atom stereocenters. The molecule has 2 aromatic carbocycles. The first kappa shape index (κ1) is 21.9. The lowest BCUT2D eigenvalue weighted by Crippen LogP contribution is -2.46. The molecule has 0 saturated heterocycles. The molecule has 0 bridgehead atoms. The van der Waals surface area contributed by atoms with Crippen molar-refractivity contribution in [3.63, 3.8) is 0 Å². The quantitative estimate of drug-likeness (QED) is 0.587. The number of ether oxygens (including phenoxy) is 1. The van der Waals surface area contributed by atoms with E-state index >= 15 is 0 Å². The van der Waals surface area contributed by atoms with Gasteiger partial charge in [0.15, 0.2) is 0 Å². The molecule has 0 aliphatic heterocycles. The van der Waals surface area contributed by atoms with Crippen molar-refractivity contribution >= 4 is 18.0 Å². The second kappa shape index (κ2) is 8.65. The minimum Gasteiger partial charge on any atom is -0.481 e. The molecule has 0 heterocycles. The number of carboxylic acids is 1. The third-order valence-electron chi connectivity index (χ3n) is 6.76. The van der Waals surface area contributed by atoms with E-state index < -0.39 is 29.4 Å². The molecule has 2 atom stereocenters. The van der Waals surface area contributed by atoms with E-state index in [-0.39, 0.29) is 25.0 Å². The minimum atomic E-state index is -0.879. The number of alkyl carbamates (subject to hydrolysis) is 1. The predicted octanol–water partition coefficient (Wildman–Crippen LogP) is 3.53. The molecule has 4 rings (SSSR count). The van der Waals surface area contributed by atoms with Crippen LogP contribution >= 0.6 is 0 Å². The fourth-order valence-electron chi connectivity index (χ4n) is 4.21. The maximum atomic E-state index is 12.4. The molecule has 0 aromatic heterocycles. The molecule has 1 saturated carbocycles. The third kappa shape index (κ3) is 4.20. The van der Waals surface area contributed by atoms with E-state index in [1.807, 2.05) is 24.3 Å². The molecule has 32 heavy (non-hydrogen) atoms. The van der Waals surface area contributed by atoms with Crippen molar-refractivity contribution in [2.45, 2.75) is 38.6 Å². The molecular formula is C25H28N2O5. The summed E-state index contributed by atoms with van der Waals surface area (Å²) in [7, 11) is 0. The van der Waals surface area contributed by atoms with Gasteiger partial charge < -0.3 is 20.5 Å². The maximum absolute atomic E-state index is 12.4. The van der Waals surface area contributed by atoms with E-state index in [9.17, 15) is 19.5 Å². The lowest BCUT2D eigenvalue weighted by atomic mass is 9.98. The highest BCUT2D eigenvalue weighted by atomic mass is 16.5. The van der Waals surface area contributed by atoms with Gasteiger partial charge in [0.2, 0.25) is 5.91 Å². The van der Waals surface area contributed by atoms with E-state index in [0.717, 1.165) is 22.3 Å². The highest BCUT2D eigenvalue weighted by Gasteiger charge is 2.50. The van der Waals surface area contributed by atoms with Crippen LogP contribution in [0.25, 0.3) is 11.1 Å². The van der Waals surface area contributed by atoms with Crippen molar-refractivity contribution in [1.82, 2.24) is 10.6 Å². The monoisotopic (exact) mass is 436 g/mol. The van der Waals surface area contributed by atoms with Gasteiger partial charge >= 0.3 is 12.1 Å². The summed E-state index contributed by atoms with van der Waals surface area (Å²) in [5, 5.41) is 14.7. The van der Waals surface area contributed by atoms with Crippen molar-refractivity contribution in [2.75, 3.05) is 13.2 Å². The number of benzene rings is 2. The summed E-state index contributed by atoms with van der Waals surface area (Å²) >= 11 is 0. The zero-order valence-corrected chi connectivity index (χ0v) is 18.3. The van der Waals surface area contributed by atoms with Gasteiger partial charge in [0.1, 0.15) is 6.61 Å². The second-order valence-electron chi connectivity index (χ2n) is 8.85. The zero-order valence-electron chi connectivity index (χ0n) is 18.3. The Morgan fingerprint density at radius 2 is 1.59 bits per heavy atom. The van der Waals surface area contributed by atoms with Crippen molar-refractivity contribution in [2.24, 2.45) is 11.3 Å². The smallest absolute Gasteiger partial charge is 0.407 e. The summed E-state index contributed by atoms with van der Waals surface area (Å²) in [5.41, 5.74) is 3.76. The molecule has 1 fully saturated rings. The second-order valence-corrected chi connectivity index (χ2v) is 8.85. The number of carbonyl (C=O) groups is 3. The van der Waals surface area contributed by atoms with Gasteiger partial charge in [0.05, 0.1) is 11.3 Å². The Kier molecular flexibility index (Phi) is 5.91. The van der Waals surface area contributed by atoms with Crippen LogP contribution in [-0.4, -0.2) is 42.3 Å². The Bertz CT molecular complexity index is 1000. The topological polar surface area (TPSA) is 105 Å². The van der Waals surface area contributed by atoms with Crippen molar-refractivity contribution in [3.8, 4) is 11.1 Å². The number of hydrogen-bond donors (Lipinski definition) is 3. The normalized spacial score (nSPS) is 17.4. The molecule has 3 N–H and O–H groups in total. The molecule has 2 aliphatic rings. The van der Waals surface area contributed by atoms with Crippen LogP contribution in [0.1, 0.15) is 43.7 Å². The van der Waals surface area contributed by atoms with Crippen LogP contribution in [0.15, 0.2) is 48.5 Å². The first-order chi connectivity index (χ1) is 15.3. The van der Waals surface area contributed by atoms with Gasteiger partial charge in [-0.05, 0) is 42.0 Å². The number of carbonyl (C=O) groups excluding carboxylic acids is 2. The van der Waals surface area contributed by atoms with Crippen LogP contribution in [0.3, 0.4) is 0 Å². The molecule has 2 amide bonds. The number of rotatable bonds is 8. The third-order valence-corrected chi connectivity index (χ3v) is 6.76. The summed E-state index contributed by atoms with van der Waals surface area (Å²) in [6, 6.07) is 15.8. The van der Waals surface area contributed by atoms with Crippen molar-refractivity contribution in [3.05, 3.63) is 59.7 Å². The zero-order chi connectivity index (χ0) is 22.9. The Balaban J connectivity index is 1.30. The summed E-state index contributed by atoms with van der Waals surface area (Å²) in [4.78, 5) is 36.1. The molecule has 7 nitrogen and oxygen atoms in total. The van der Waals surface area contributed by atoms with Crippen molar-refractivity contribution < 1.29 is 24.2 Å². The average Bonchev–Trinajstić information content (AvgIpc) is 3.53. The Hall–Kier alpha value is -3.35. The molecule has 168 valence electrons. The molecule has 0 spiro atoms. The van der Waals surface area contributed by atoms with Crippen molar-refractivity contribution in [1.29, 1.82) is 0 Å². The lowest BCUT2D eigenvalue weighted by Gasteiger charge is -2.22. The number of amides is 2. The summed E-state index contributed by atoms with van der Waals surface area (Å²) < 4.78 is 5.54. The van der Waals surface area contributed by atoms with Gasteiger partial charge in [-0.3, -0.25) is 9.59 Å². The number of hydrogen-bond acceptors (Lipinski definition) is 4. The first-order valence-electron chi connectivity index (χ1n) is 10.9. The molecule has 7 heteroatoms. The fourth-order valence-corrected chi connectivity index (χ4v) is 4.21. The average molecular weight is 437 g/mol. The van der Waals surface area contributed by atoms with E-state index in [1.54, 1.807) is 13.8 Å². The SMILES string of the molecule is CC(NC(=O)OCC1c2ccccc2-c2ccccc21)C(C)C(=O)NCC1(C(=O)O)CC1. The Morgan fingerprint density at radius 3 is 2.12 bits per heavy atom. The van der Waals surface area contributed by atoms with Crippen LogP contribution in [0.4, 0.5) is 4.79 Å². The highest BCUT2D eigenvalue weighted by Crippen LogP contribution is 2.45. The van der Waals surface area contributed by atoms with Gasteiger partial charge in [-0.1, -0.05) is 55.5 Å². The number of nitrogens with one attached hydrogen (secondary N) is 2. The van der Waals surface area contributed by atoms with Gasteiger partial charge in [0.25, 0.3) is 0 Å². The first-order valence-corrected chi connectivity index (χ1v) is 10.9. The largest absolute Gasteiger partial charge is 0.481 e. The van der Waals surface area contributed by atoms with Crippen LogP contribution < -0.4 is 10.6 Å².